The van der Waals surface area contributed by atoms with Crippen molar-refractivity contribution in [3.63, 3.8) is 0 Å². The third kappa shape index (κ3) is 4.96. The van der Waals surface area contributed by atoms with Crippen molar-refractivity contribution >= 4 is 17.5 Å². The Hall–Kier alpha value is -1.46. The number of carbonyl (C=O) groups excluding carboxylic acids is 1. The molecule has 0 aromatic heterocycles. The van der Waals surface area contributed by atoms with E-state index in [0.717, 1.165) is 6.42 Å². The number of ether oxygens (including phenoxy) is 1. The first-order valence-corrected chi connectivity index (χ1v) is 6.49. The summed E-state index contributed by atoms with van der Waals surface area (Å²) in [5.41, 5.74) is 0.590. The maximum absolute atomic E-state index is 11.4. The minimum atomic E-state index is -0.0738. The Kier molecular flexibility index (Phi) is 6.45. The second-order valence-electron chi connectivity index (χ2n) is 4.07. The van der Waals surface area contributed by atoms with E-state index in [1.807, 2.05) is 6.92 Å². The van der Waals surface area contributed by atoms with Gasteiger partial charge in [-0.2, -0.15) is 0 Å². The van der Waals surface area contributed by atoms with Gasteiger partial charge in [0.2, 0.25) is 5.91 Å². The molecule has 0 aliphatic heterocycles. The van der Waals surface area contributed by atoms with Crippen molar-refractivity contribution in [2.45, 2.75) is 19.9 Å². The monoisotopic (exact) mass is 286 g/mol. The van der Waals surface area contributed by atoms with Crippen molar-refractivity contribution in [3.8, 4) is 11.5 Å². The fourth-order valence-electron chi connectivity index (χ4n) is 1.56. The number of methoxy groups -OCH3 is 1. The minimum absolute atomic E-state index is 0.0355. The van der Waals surface area contributed by atoms with Crippen LogP contribution in [0.4, 0.5) is 0 Å². The second kappa shape index (κ2) is 7.86. The Morgan fingerprint density at radius 2 is 2.21 bits per heavy atom. The van der Waals surface area contributed by atoms with Gasteiger partial charge in [-0.15, -0.1) is 0 Å². The van der Waals surface area contributed by atoms with Crippen molar-refractivity contribution in [1.29, 1.82) is 0 Å². The zero-order valence-corrected chi connectivity index (χ0v) is 11.9. The molecule has 19 heavy (non-hydrogen) atoms. The molecule has 0 unspecified atom stereocenters. The van der Waals surface area contributed by atoms with Crippen molar-refractivity contribution in [2.24, 2.45) is 0 Å². The lowest BCUT2D eigenvalue weighted by Crippen LogP contribution is -2.33. The molecule has 6 heteroatoms. The van der Waals surface area contributed by atoms with Gasteiger partial charge in [-0.3, -0.25) is 4.79 Å². The molecule has 1 amide bonds. The van der Waals surface area contributed by atoms with Gasteiger partial charge < -0.3 is 20.5 Å². The predicted octanol–water partition coefficient (Wildman–Crippen LogP) is 1.67. The summed E-state index contributed by atoms with van der Waals surface area (Å²) in [5.74, 6) is 0.281. The molecule has 0 saturated heterocycles. The Morgan fingerprint density at radius 3 is 2.84 bits per heavy atom. The maximum atomic E-state index is 11.4. The fourth-order valence-corrected chi connectivity index (χ4v) is 1.79. The van der Waals surface area contributed by atoms with E-state index in [-0.39, 0.29) is 18.2 Å². The number of hydrogen-bond donors (Lipinski definition) is 3. The highest BCUT2D eigenvalue weighted by atomic mass is 35.5. The Labute approximate surface area is 117 Å². The third-order valence-corrected chi connectivity index (χ3v) is 2.73. The van der Waals surface area contributed by atoms with E-state index in [0.29, 0.717) is 29.4 Å². The molecule has 5 nitrogen and oxygen atoms in total. The van der Waals surface area contributed by atoms with Crippen LogP contribution in [0.25, 0.3) is 0 Å². The van der Waals surface area contributed by atoms with Crippen LogP contribution in [0.15, 0.2) is 12.1 Å². The summed E-state index contributed by atoms with van der Waals surface area (Å²) in [6.45, 7) is 3.18. The summed E-state index contributed by atoms with van der Waals surface area (Å²) < 4.78 is 5.01. The summed E-state index contributed by atoms with van der Waals surface area (Å²) in [4.78, 5) is 11.4. The highest BCUT2D eigenvalue weighted by Gasteiger charge is 2.10. The van der Waals surface area contributed by atoms with Gasteiger partial charge >= 0.3 is 0 Å². The van der Waals surface area contributed by atoms with E-state index in [2.05, 4.69) is 10.6 Å². The molecule has 0 bridgehead atoms. The fraction of sp³-hybridized carbons (Fsp3) is 0.462. The zero-order valence-electron chi connectivity index (χ0n) is 11.1. The number of phenolic OH excluding ortho intramolecular Hbond substituents is 1. The predicted molar refractivity (Wildman–Crippen MR) is 74.7 cm³/mol. The Balaban J connectivity index is 2.53. The average Bonchev–Trinajstić information content (AvgIpc) is 2.39. The number of phenols is 1. The van der Waals surface area contributed by atoms with Crippen LogP contribution in [0.5, 0.6) is 11.5 Å². The topological polar surface area (TPSA) is 70.6 Å². The summed E-state index contributed by atoms with van der Waals surface area (Å²) in [6.07, 6.45) is 0.901. The molecule has 0 aliphatic rings. The van der Waals surface area contributed by atoms with Gasteiger partial charge in [-0.25, -0.2) is 0 Å². The van der Waals surface area contributed by atoms with Crippen LogP contribution in [-0.2, 0) is 11.3 Å². The summed E-state index contributed by atoms with van der Waals surface area (Å²) in [7, 11) is 1.46. The molecule has 1 aromatic carbocycles. The molecule has 0 aliphatic carbocycles. The molecule has 0 radical (unpaired) electrons. The number of benzene rings is 1. The van der Waals surface area contributed by atoms with E-state index in [9.17, 15) is 9.90 Å². The van der Waals surface area contributed by atoms with Gasteiger partial charge in [0.1, 0.15) is 0 Å². The van der Waals surface area contributed by atoms with Crippen LogP contribution >= 0.6 is 11.6 Å². The van der Waals surface area contributed by atoms with Crippen LogP contribution in [0.2, 0.25) is 5.02 Å². The molecular weight excluding hydrogens is 268 g/mol. The number of hydrogen-bond acceptors (Lipinski definition) is 4. The molecule has 0 fully saturated rings. The van der Waals surface area contributed by atoms with Crippen LogP contribution in [0.3, 0.4) is 0 Å². The maximum Gasteiger partial charge on any atom is 0.233 e. The number of carbonyl (C=O) groups is 1. The van der Waals surface area contributed by atoms with Gasteiger partial charge in [0, 0.05) is 29.7 Å². The summed E-state index contributed by atoms with van der Waals surface area (Å²) >= 11 is 5.91. The van der Waals surface area contributed by atoms with E-state index >= 15 is 0 Å². The quantitative estimate of drug-likeness (QED) is 0.713. The van der Waals surface area contributed by atoms with E-state index in [4.69, 9.17) is 16.3 Å². The highest BCUT2D eigenvalue weighted by molar-refractivity contribution is 6.30. The minimum Gasteiger partial charge on any atom is -0.504 e. The first-order chi connectivity index (χ1) is 9.08. The Morgan fingerprint density at radius 1 is 1.47 bits per heavy atom. The number of rotatable bonds is 7. The number of halogens is 1. The molecule has 106 valence electrons. The van der Waals surface area contributed by atoms with E-state index in [1.54, 1.807) is 6.07 Å². The van der Waals surface area contributed by atoms with Crippen LogP contribution in [0.1, 0.15) is 18.9 Å². The largest absolute Gasteiger partial charge is 0.504 e. The molecule has 0 atom stereocenters. The zero-order chi connectivity index (χ0) is 14.3. The smallest absolute Gasteiger partial charge is 0.233 e. The lowest BCUT2D eigenvalue weighted by atomic mass is 10.2. The SMILES string of the molecule is CCCNC(=O)CNCc1cc(Cl)cc(OC)c1O. The second-order valence-corrected chi connectivity index (χ2v) is 4.51. The van der Waals surface area contributed by atoms with Gasteiger partial charge in [-0.1, -0.05) is 18.5 Å². The van der Waals surface area contributed by atoms with Crippen molar-refractivity contribution in [2.75, 3.05) is 20.2 Å². The molecule has 3 N–H and O–H groups in total. The molecule has 1 rings (SSSR count). The van der Waals surface area contributed by atoms with E-state index in [1.165, 1.54) is 13.2 Å². The molecule has 0 heterocycles. The van der Waals surface area contributed by atoms with Gasteiger partial charge in [-0.05, 0) is 12.5 Å². The number of nitrogens with one attached hydrogen (secondary N) is 2. The van der Waals surface area contributed by atoms with Crippen molar-refractivity contribution < 1.29 is 14.6 Å². The Bertz CT molecular complexity index is 438. The first-order valence-electron chi connectivity index (χ1n) is 6.11. The van der Waals surface area contributed by atoms with E-state index < -0.39 is 0 Å². The third-order valence-electron chi connectivity index (χ3n) is 2.51. The van der Waals surface area contributed by atoms with Gasteiger partial charge in [0.25, 0.3) is 0 Å². The lowest BCUT2D eigenvalue weighted by Gasteiger charge is -2.11. The molecule has 0 spiro atoms. The molecule has 0 saturated carbocycles. The van der Waals surface area contributed by atoms with Crippen LogP contribution < -0.4 is 15.4 Å². The average molecular weight is 287 g/mol. The van der Waals surface area contributed by atoms with Gasteiger partial charge in [0.15, 0.2) is 11.5 Å². The molecular formula is C13H19ClN2O3. The van der Waals surface area contributed by atoms with Crippen LogP contribution in [0, 0.1) is 0 Å². The number of aromatic hydroxyl groups is 1. The standard InChI is InChI=1S/C13H19ClN2O3/c1-3-4-16-12(17)8-15-7-9-5-10(14)6-11(19-2)13(9)18/h5-6,15,18H,3-4,7-8H2,1-2H3,(H,16,17). The van der Waals surface area contributed by atoms with Crippen molar-refractivity contribution in [3.05, 3.63) is 22.7 Å². The van der Waals surface area contributed by atoms with Crippen LogP contribution in [-0.4, -0.2) is 31.2 Å². The molecule has 1 aromatic rings. The summed E-state index contributed by atoms with van der Waals surface area (Å²) in [5, 5.41) is 16.1. The first kappa shape index (κ1) is 15.6. The van der Waals surface area contributed by atoms with Gasteiger partial charge in [0.05, 0.1) is 13.7 Å². The number of amides is 1. The highest BCUT2D eigenvalue weighted by Crippen LogP contribution is 2.33. The lowest BCUT2D eigenvalue weighted by molar-refractivity contribution is -0.120. The normalized spacial score (nSPS) is 10.3. The summed E-state index contributed by atoms with van der Waals surface area (Å²) in [6, 6.07) is 3.17. The van der Waals surface area contributed by atoms with Crippen molar-refractivity contribution in [1.82, 2.24) is 10.6 Å².